The minimum Gasteiger partial charge on any atom is -0.309 e. The molecule has 0 radical (unpaired) electrons. The number of hydrogen-bond donors (Lipinski definition) is 1. The number of nitrogens with zero attached hydrogens (tertiary/aromatic N) is 2. The summed E-state index contributed by atoms with van der Waals surface area (Å²) in [7, 11) is 2.03. The van der Waals surface area contributed by atoms with Crippen molar-refractivity contribution in [1.82, 2.24) is 15.1 Å². The van der Waals surface area contributed by atoms with Crippen molar-refractivity contribution >= 4 is 0 Å². The van der Waals surface area contributed by atoms with E-state index in [9.17, 15) is 0 Å². The van der Waals surface area contributed by atoms with Gasteiger partial charge in [-0.25, -0.2) is 0 Å². The number of aryl methyl sites for hydroxylation is 1. The van der Waals surface area contributed by atoms with Crippen LogP contribution in [0.3, 0.4) is 0 Å². The first-order valence-corrected chi connectivity index (χ1v) is 7.44. The number of nitrogens with one attached hydrogen (secondary N) is 1. The normalized spacial score (nSPS) is 14.7. The molecule has 0 saturated heterocycles. The highest BCUT2D eigenvalue weighted by molar-refractivity contribution is 5.06. The van der Waals surface area contributed by atoms with Gasteiger partial charge in [0.1, 0.15) is 0 Å². The van der Waals surface area contributed by atoms with Gasteiger partial charge in [-0.2, -0.15) is 5.10 Å². The topological polar surface area (TPSA) is 29.9 Å². The van der Waals surface area contributed by atoms with Crippen LogP contribution in [0.1, 0.15) is 64.6 Å². The van der Waals surface area contributed by atoms with E-state index < -0.39 is 0 Å². The van der Waals surface area contributed by atoms with Gasteiger partial charge in [0, 0.05) is 19.3 Å². The van der Waals surface area contributed by atoms with Crippen LogP contribution >= 0.6 is 0 Å². The highest BCUT2D eigenvalue weighted by Crippen LogP contribution is 2.26. The van der Waals surface area contributed by atoms with Crippen molar-refractivity contribution in [3.8, 4) is 0 Å². The van der Waals surface area contributed by atoms with Gasteiger partial charge in [-0.15, -0.1) is 0 Å². The Labute approximate surface area is 112 Å². The lowest BCUT2D eigenvalue weighted by molar-refractivity contribution is 0.347. The number of hydrogen-bond acceptors (Lipinski definition) is 2. The number of unbranched alkanes of at least 4 members (excludes halogenated alkanes) is 1. The smallest absolute Gasteiger partial charge is 0.0550 e. The molecule has 0 saturated carbocycles. The largest absolute Gasteiger partial charge is 0.309 e. The van der Waals surface area contributed by atoms with Gasteiger partial charge in [0.05, 0.1) is 5.69 Å². The molecule has 0 amide bonds. The molecule has 104 valence electrons. The van der Waals surface area contributed by atoms with Crippen LogP contribution in [-0.2, 0) is 7.05 Å². The van der Waals surface area contributed by atoms with E-state index in [2.05, 4.69) is 37.3 Å². The second kappa shape index (κ2) is 8.30. The first kappa shape index (κ1) is 15.2. The first-order chi connectivity index (χ1) is 8.72. The van der Waals surface area contributed by atoms with Gasteiger partial charge in [-0.3, -0.25) is 4.68 Å². The van der Waals surface area contributed by atoms with E-state index >= 15 is 0 Å². The third-order valence-electron chi connectivity index (χ3n) is 3.78. The number of rotatable bonds is 9. The maximum Gasteiger partial charge on any atom is 0.0550 e. The van der Waals surface area contributed by atoms with Crippen molar-refractivity contribution in [2.45, 2.75) is 58.9 Å². The summed E-state index contributed by atoms with van der Waals surface area (Å²) >= 11 is 0. The molecule has 2 unspecified atom stereocenters. The van der Waals surface area contributed by atoms with Crippen LogP contribution in [0.5, 0.6) is 0 Å². The molecule has 3 heteroatoms. The fourth-order valence-corrected chi connectivity index (χ4v) is 2.60. The van der Waals surface area contributed by atoms with Crippen molar-refractivity contribution in [2.75, 3.05) is 6.54 Å². The molecule has 3 nitrogen and oxygen atoms in total. The maximum absolute atomic E-state index is 4.29. The summed E-state index contributed by atoms with van der Waals surface area (Å²) in [5.74, 6) is 0.823. The lowest BCUT2D eigenvalue weighted by atomic mass is 9.91. The van der Waals surface area contributed by atoms with E-state index in [4.69, 9.17) is 0 Å². The average Bonchev–Trinajstić information content (AvgIpc) is 2.79. The molecule has 0 aliphatic carbocycles. The van der Waals surface area contributed by atoms with Gasteiger partial charge < -0.3 is 5.32 Å². The fraction of sp³-hybridized carbons (Fsp3) is 0.800. The third kappa shape index (κ3) is 4.45. The third-order valence-corrected chi connectivity index (χ3v) is 3.78. The maximum atomic E-state index is 4.29. The Bertz CT molecular complexity index is 319. The SMILES string of the molecule is CCCCC(CC)CC(NCC)c1ccnn1C. The van der Waals surface area contributed by atoms with E-state index in [-0.39, 0.29) is 0 Å². The van der Waals surface area contributed by atoms with Crippen LogP contribution in [0, 0.1) is 5.92 Å². The minimum absolute atomic E-state index is 0.448. The van der Waals surface area contributed by atoms with Crippen LogP contribution in [0.25, 0.3) is 0 Å². The van der Waals surface area contributed by atoms with Crippen LogP contribution in [0.15, 0.2) is 12.3 Å². The predicted molar refractivity (Wildman–Crippen MR) is 77.5 cm³/mol. The molecular formula is C15H29N3. The van der Waals surface area contributed by atoms with Crippen molar-refractivity contribution in [2.24, 2.45) is 13.0 Å². The standard InChI is InChI=1S/C15H29N3/c1-5-8-9-13(6-2)12-14(16-7-3)15-10-11-17-18(15)4/h10-11,13-14,16H,5-9,12H2,1-4H3. The second-order valence-corrected chi connectivity index (χ2v) is 5.14. The summed E-state index contributed by atoms with van der Waals surface area (Å²) in [4.78, 5) is 0. The van der Waals surface area contributed by atoms with Crippen LogP contribution < -0.4 is 5.32 Å². The molecule has 2 atom stereocenters. The average molecular weight is 251 g/mol. The summed E-state index contributed by atoms with van der Waals surface area (Å²) in [6, 6.07) is 2.59. The molecule has 0 spiro atoms. The monoisotopic (exact) mass is 251 g/mol. The quantitative estimate of drug-likeness (QED) is 0.725. The molecule has 1 rings (SSSR count). The predicted octanol–water partition coefficient (Wildman–Crippen LogP) is 3.68. The fourth-order valence-electron chi connectivity index (χ4n) is 2.60. The van der Waals surface area contributed by atoms with Gasteiger partial charge in [-0.05, 0) is 24.9 Å². The molecule has 0 aliphatic rings. The highest BCUT2D eigenvalue weighted by atomic mass is 15.3. The summed E-state index contributed by atoms with van der Waals surface area (Å²) in [6.45, 7) is 7.78. The minimum atomic E-state index is 0.448. The molecule has 1 N–H and O–H groups in total. The summed E-state index contributed by atoms with van der Waals surface area (Å²) < 4.78 is 2.00. The van der Waals surface area contributed by atoms with Gasteiger partial charge in [0.25, 0.3) is 0 Å². The molecule has 0 fully saturated rings. The molecule has 1 aromatic heterocycles. The Morgan fingerprint density at radius 3 is 2.61 bits per heavy atom. The Morgan fingerprint density at radius 1 is 1.33 bits per heavy atom. The summed E-state index contributed by atoms with van der Waals surface area (Å²) in [5.41, 5.74) is 1.31. The van der Waals surface area contributed by atoms with Gasteiger partial charge in [-0.1, -0.05) is 46.5 Å². The molecule has 18 heavy (non-hydrogen) atoms. The van der Waals surface area contributed by atoms with E-state index in [1.165, 1.54) is 37.8 Å². The Balaban J connectivity index is 2.64. The molecule has 0 bridgehead atoms. The second-order valence-electron chi connectivity index (χ2n) is 5.14. The van der Waals surface area contributed by atoms with E-state index in [1.54, 1.807) is 0 Å². The van der Waals surface area contributed by atoms with Crippen LogP contribution in [0.4, 0.5) is 0 Å². The van der Waals surface area contributed by atoms with Gasteiger partial charge in [0.15, 0.2) is 0 Å². The van der Waals surface area contributed by atoms with E-state index in [0.29, 0.717) is 6.04 Å². The van der Waals surface area contributed by atoms with Crippen LogP contribution in [-0.4, -0.2) is 16.3 Å². The van der Waals surface area contributed by atoms with Crippen molar-refractivity contribution in [3.63, 3.8) is 0 Å². The zero-order valence-corrected chi connectivity index (χ0v) is 12.4. The molecule has 1 heterocycles. The number of aromatic nitrogens is 2. The summed E-state index contributed by atoms with van der Waals surface area (Å²) in [5, 5.41) is 7.90. The summed E-state index contributed by atoms with van der Waals surface area (Å²) in [6.07, 6.45) is 8.40. The van der Waals surface area contributed by atoms with E-state index in [1.807, 2.05) is 17.9 Å². The van der Waals surface area contributed by atoms with Crippen molar-refractivity contribution < 1.29 is 0 Å². The highest BCUT2D eigenvalue weighted by Gasteiger charge is 2.18. The Kier molecular flexibility index (Phi) is 7.02. The van der Waals surface area contributed by atoms with Crippen molar-refractivity contribution in [1.29, 1.82) is 0 Å². The molecule has 1 aromatic rings. The lowest BCUT2D eigenvalue weighted by Crippen LogP contribution is -2.25. The zero-order chi connectivity index (χ0) is 13.4. The molecular weight excluding hydrogens is 222 g/mol. The van der Waals surface area contributed by atoms with Gasteiger partial charge in [0.2, 0.25) is 0 Å². The zero-order valence-electron chi connectivity index (χ0n) is 12.4. The van der Waals surface area contributed by atoms with Crippen LogP contribution in [0.2, 0.25) is 0 Å². The Hall–Kier alpha value is -0.830. The lowest BCUT2D eigenvalue weighted by Gasteiger charge is -2.23. The van der Waals surface area contributed by atoms with Crippen molar-refractivity contribution in [3.05, 3.63) is 18.0 Å². The van der Waals surface area contributed by atoms with Gasteiger partial charge >= 0.3 is 0 Å². The molecule has 0 aliphatic heterocycles. The van der Waals surface area contributed by atoms with E-state index in [0.717, 1.165) is 12.5 Å². The first-order valence-electron chi connectivity index (χ1n) is 7.44. The molecule has 0 aromatic carbocycles. The Morgan fingerprint density at radius 2 is 2.11 bits per heavy atom.